The Morgan fingerprint density at radius 1 is 1.14 bits per heavy atom. The van der Waals surface area contributed by atoms with E-state index >= 15 is 0 Å². The molecule has 0 aliphatic carbocycles. The number of carbonyl (C=O) groups is 1. The predicted octanol–water partition coefficient (Wildman–Crippen LogP) is 3.34. The molecule has 1 saturated heterocycles. The Kier molecular flexibility index (Phi) is 6.69. The van der Waals surface area contributed by atoms with Crippen LogP contribution in [0.4, 0.5) is 4.39 Å². The van der Waals surface area contributed by atoms with E-state index in [9.17, 15) is 17.6 Å². The summed E-state index contributed by atoms with van der Waals surface area (Å²) in [6.07, 6.45) is 0.885. The highest BCUT2D eigenvalue weighted by Crippen LogP contribution is 2.23. The van der Waals surface area contributed by atoms with Gasteiger partial charge in [-0.25, -0.2) is 17.1 Å². The van der Waals surface area contributed by atoms with Crippen molar-refractivity contribution in [2.24, 2.45) is 5.92 Å². The normalized spacial score (nSPS) is 16.1. The van der Waals surface area contributed by atoms with Gasteiger partial charge >= 0.3 is 0 Å². The van der Waals surface area contributed by atoms with Crippen LogP contribution in [-0.2, 0) is 27.1 Å². The van der Waals surface area contributed by atoms with Gasteiger partial charge in [0, 0.05) is 36.1 Å². The Morgan fingerprint density at radius 3 is 2.54 bits per heavy atom. The van der Waals surface area contributed by atoms with Crippen LogP contribution in [0.25, 0.3) is 0 Å². The van der Waals surface area contributed by atoms with Crippen molar-refractivity contribution in [3.05, 3.63) is 70.5 Å². The number of nitrogens with zero attached hydrogens (tertiary/aromatic N) is 1. The van der Waals surface area contributed by atoms with Crippen molar-refractivity contribution < 1.29 is 17.6 Å². The molecule has 1 heterocycles. The lowest BCUT2D eigenvalue weighted by Gasteiger charge is -2.30. The van der Waals surface area contributed by atoms with E-state index in [4.69, 9.17) is 11.6 Å². The van der Waals surface area contributed by atoms with Gasteiger partial charge in [-0.3, -0.25) is 4.79 Å². The smallest absolute Gasteiger partial charge is 0.223 e. The largest absolute Gasteiger partial charge is 0.352 e. The first kappa shape index (κ1) is 20.8. The van der Waals surface area contributed by atoms with Gasteiger partial charge in [-0.2, -0.15) is 0 Å². The number of hydrogen-bond acceptors (Lipinski definition) is 3. The van der Waals surface area contributed by atoms with E-state index in [1.807, 2.05) is 0 Å². The van der Waals surface area contributed by atoms with Crippen LogP contribution in [-0.4, -0.2) is 31.7 Å². The maximum absolute atomic E-state index is 13.6. The van der Waals surface area contributed by atoms with Gasteiger partial charge in [0.1, 0.15) is 5.82 Å². The third-order valence-corrected chi connectivity index (χ3v) is 6.95. The number of nitrogens with one attached hydrogen (secondary N) is 1. The highest BCUT2D eigenvalue weighted by atomic mass is 35.5. The molecule has 150 valence electrons. The van der Waals surface area contributed by atoms with Crippen molar-refractivity contribution >= 4 is 27.5 Å². The number of amides is 1. The molecule has 2 aromatic carbocycles. The lowest BCUT2D eigenvalue weighted by Crippen LogP contribution is -2.43. The van der Waals surface area contributed by atoms with E-state index in [0.717, 1.165) is 0 Å². The average Bonchev–Trinajstić information content (AvgIpc) is 2.67. The SMILES string of the molecule is O=C(NCc1ccccc1F)C1CCN(S(=O)(=O)Cc2cccc(Cl)c2)CC1. The fourth-order valence-corrected chi connectivity index (χ4v) is 5.06. The lowest BCUT2D eigenvalue weighted by atomic mass is 9.97. The molecule has 2 aromatic rings. The van der Waals surface area contributed by atoms with Crippen LogP contribution in [0.2, 0.25) is 5.02 Å². The van der Waals surface area contributed by atoms with Crippen molar-refractivity contribution in [2.45, 2.75) is 25.1 Å². The quantitative estimate of drug-likeness (QED) is 0.773. The number of hydrogen-bond donors (Lipinski definition) is 1. The maximum Gasteiger partial charge on any atom is 0.223 e. The summed E-state index contributed by atoms with van der Waals surface area (Å²) in [5.41, 5.74) is 1.06. The number of piperidine rings is 1. The molecule has 0 spiro atoms. The number of halogens is 2. The average molecular weight is 425 g/mol. The molecule has 1 amide bonds. The van der Waals surface area contributed by atoms with Crippen LogP contribution in [0.3, 0.4) is 0 Å². The fraction of sp³-hybridized carbons (Fsp3) is 0.350. The molecule has 0 unspecified atom stereocenters. The molecular formula is C20H22ClFN2O3S. The van der Waals surface area contributed by atoms with E-state index in [0.29, 0.717) is 42.1 Å². The Morgan fingerprint density at radius 2 is 1.86 bits per heavy atom. The Bertz CT molecular complexity index is 944. The standard InChI is InChI=1S/C20H22ClFN2O3S/c21-18-6-3-4-15(12-18)14-28(26,27)24-10-8-16(9-11-24)20(25)23-13-17-5-1-2-7-19(17)22/h1-7,12,16H,8-11,13-14H2,(H,23,25). The van der Waals surface area contributed by atoms with Gasteiger partial charge in [0.05, 0.1) is 5.75 Å². The first-order valence-electron chi connectivity index (χ1n) is 9.08. The van der Waals surface area contributed by atoms with E-state index in [1.54, 1.807) is 42.5 Å². The van der Waals surface area contributed by atoms with Crippen molar-refractivity contribution in [1.29, 1.82) is 0 Å². The highest BCUT2D eigenvalue weighted by Gasteiger charge is 2.31. The predicted molar refractivity (Wildman–Crippen MR) is 107 cm³/mol. The van der Waals surface area contributed by atoms with Gasteiger partial charge < -0.3 is 5.32 Å². The second-order valence-corrected chi connectivity index (χ2v) is 9.27. The fourth-order valence-electron chi connectivity index (χ4n) is 3.29. The van der Waals surface area contributed by atoms with Crippen molar-refractivity contribution in [2.75, 3.05) is 13.1 Å². The minimum atomic E-state index is -3.47. The molecule has 28 heavy (non-hydrogen) atoms. The molecule has 1 N–H and O–H groups in total. The van der Waals surface area contributed by atoms with Gasteiger partial charge in [0.2, 0.25) is 15.9 Å². The Balaban J connectivity index is 1.52. The summed E-state index contributed by atoms with van der Waals surface area (Å²) in [7, 11) is -3.47. The number of sulfonamides is 1. The minimum absolute atomic E-state index is 0.113. The molecule has 0 bridgehead atoms. The molecule has 1 aliphatic heterocycles. The first-order chi connectivity index (χ1) is 13.3. The highest BCUT2D eigenvalue weighted by molar-refractivity contribution is 7.88. The summed E-state index contributed by atoms with van der Waals surface area (Å²) in [5.74, 6) is -0.915. The number of carbonyl (C=O) groups excluding carboxylic acids is 1. The zero-order valence-corrected chi connectivity index (χ0v) is 16.8. The van der Waals surface area contributed by atoms with Gasteiger partial charge in [0.15, 0.2) is 0 Å². The van der Waals surface area contributed by atoms with E-state index < -0.39 is 10.0 Å². The summed E-state index contributed by atoms with van der Waals surface area (Å²) in [5, 5.41) is 3.25. The summed E-state index contributed by atoms with van der Waals surface area (Å²) >= 11 is 5.92. The molecule has 5 nitrogen and oxygen atoms in total. The van der Waals surface area contributed by atoms with Gasteiger partial charge in [-0.05, 0) is 36.6 Å². The monoisotopic (exact) mass is 424 g/mol. The van der Waals surface area contributed by atoms with Gasteiger partial charge in [-0.15, -0.1) is 0 Å². The molecule has 0 atom stereocenters. The van der Waals surface area contributed by atoms with Crippen LogP contribution in [0.15, 0.2) is 48.5 Å². The number of benzene rings is 2. The number of rotatable bonds is 6. The van der Waals surface area contributed by atoms with Crippen LogP contribution >= 0.6 is 11.6 Å². The van der Waals surface area contributed by atoms with Gasteiger partial charge in [0.25, 0.3) is 0 Å². The summed E-state index contributed by atoms with van der Waals surface area (Å²) in [6.45, 7) is 0.708. The topological polar surface area (TPSA) is 66.5 Å². The molecule has 0 radical (unpaired) electrons. The third-order valence-electron chi connectivity index (χ3n) is 4.87. The van der Waals surface area contributed by atoms with Crippen LogP contribution in [0.5, 0.6) is 0 Å². The zero-order chi connectivity index (χ0) is 20.1. The Labute approximate surface area is 169 Å². The molecule has 3 rings (SSSR count). The molecule has 1 aliphatic rings. The van der Waals surface area contributed by atoms with Crippen molar-refractivity contribution in [1.82, 2.24) is 9.62 Å². The first-order valence-corrected chi connectivity index (χ1v) is 11.1. The van der Waals surface area contributed by atoms with Crippen LogP contribution in [0.1, 0.15) is 24.0 Å². The molecular weight excluding hydrogens is 403 g/mol. The molecule has 8 heteroatoms. The van der Waals surface area contributed by atoms with Crippen LogP contribution < -0.4 is 5.32 Å². The maximum atomic E-state index is 13.6. The summed E-state index contributed by atoms with van der Waals surface area (Å²) in [6, 6.07) is 13.1. The van der Waals surface area contributed by atoms with E-state index in [2.05, 4.69) is 5.32 Å². The zero-order valence-electron chi connectivity index (χ0n) is 15.3. The molecule has 0 saturated carbocycles. The van der Waals surface area contributed by atoms with Crippen molar-refractivity contribution in [3.63, 3.8) is 0 Å². The van der Waals surface area contributed by atoms with Gasteiger partial charge in [-0.1, -0.05) is 41.9 Å². The summed E-state index contributed by atoms with van der Waals surface area (Å²) < 4.78 is 40.3. The second kappa shape index (κ2) is 9.03. The second-order valence-electron chi connectivity index (χ2n) is 6.87. The van der Waals surface area contributed by atoms with Crippen molar-refractivity contribution in [3.8, 4) is 0 Å². The minimum Gasteiger partial charge on any atom is -0.352 e. The molecule has 1 fully saturated rings. The van der Waals surface area contributed by atoms with E-state index in [-0.39, 0.29) is 29.9 Å². The van der Waals surface area contributed by atoms with E-state index in [1.165, 1.54) is 10.4 Å². The van der Waals surface area contributed by atoms with Crippen LogP contribution in [0, 0.1) is 11.7 Å². The molecule has 0 aromatic heterocycles. The lowest BCUT2D eigenvalue weighted by molar-refractivity contribution is -0.126. The summed E-state index contributed by atoms with van der Waals surface area (Å²) in [4.78, 5) is 12.4. The third kappa shape index (κ3) is 5.31. The Hall–Kier alpha value is -1.96.